The second-order valence-corrected chi connectivity index (χ2v) is 7.69. The van der Waals surface area contributed by atoms with Gasteiger partial charge in [-0.2, -0.15) is 4.68 Å². The highest BCUT2D eigenvalue weighted by Crippen LogP contribution is 2.32. The van der Waals surface area contributed by atoms with Crippen LogP contribution in [0.15, 0.2) is 78.9 Å². The molecule has 0 atom stereocenters. The largest absolute Gasteiger partial charge is 0.362 e. The van der Waals surface area contributed by atoms with Gasteiger partial charge in [0.1, 0.15) is 17.8 Å². The number of aromatic nitrogens is 6. The van der Waals surface area contributed by atoms with Crippen LogP contribution in [-0.4, -0.2) is 43.0 Å². The van der Waals surface area contributed by atoms with Crippen LogP contribution in [0.1, 0.15) is 10.4 Å². The van der Waals surface area contributed by atoms with Crippen LogP contribution in [0.25, 0.3) is 44.0 Å². The average Bonchev–Trinajstić information content (AvgIpc) is 3.48. The maximum absolute atomic E-state index is 13.5. The van der Waals surface area contributed by atoms with Gasteiger partial charge in [-0.05, 0) is 29.0 Å². The van der Waals surface area contributed by atoms with Crippen molar-refractivity contribution in [1.29, 1.82) is 0 Å². The normalized spacial score (nSPS) is 11.5. The summed E-state index contributed by atoms with van der Waals surface area (Å²) in [6.07, 6.45) is 0. The van der Waals surface area contributed by atoms with Crippen molar-refractivity contribution in [2.75, 3.05) is 7.11 Å². The van der Waals surface area contributed by atoms with Gasteiger partial charge >= 0.3 is 0 Å². The highest BCUT2D eigenvalue weighted by Gasteiger charge is 2.20. The van der Waals surface area contributed by atoms with Crippen molar-refractivity contribution in [3.63, 3.8) is 0 Å². The molecule has 0 fully saturated rings. The molecule has 2 aromatic heterocycles. The lowest BCUT2D eigenvalue weighted by Gasteiger charge is -2.07. The maximum atomic E-state index is 13.5. The minimum absolute atomic E-state index is 0.226. The van der Waals surface area contributed by atoms with Crippen molar-refractivity contribution in [1.82, 2.24) is 30.0 Å². The van der Waals surface area contributed by atoms with Crippen molar-refractivity contribution >= 4 is 38.7 Å². The minimum Gasteiger partial charge on any atom is -0.362 e. The number of carbonyl (C=O) groups excluding carboxylic acids is 1. The predicted octanol–water partition coefficient (Wildman–Crippen LogP) is 4.29. The van der Waals surface area contributed by atoms with Crippen molar-refractivity contribution in [3.05, 3.63) is 84.4 Å². The molecule has 4 aromatic carbocycles. The van der Waals surface area contributed by atoms with E-state index in [0.29, 0.717) is 23.3 Å². The van der Waals surface area contributed by atoms with Crippen LogP contribution in [0.3, 0.4) is 0 Å². The van der Waals surface area contributed by atoms with E-state index in [2.05, 4.69) is 20.6 Å². The van der Waals surface area contributed by atoms with Gasteiger partial charge in [0.2, 0.25) is 0 Å². The Kier molecular flexibility index (Phi) is 4.44. The van der Waals surface area contributed by atoms with Crippen LogP contribution in [-0.2, 0) is 11.5 Å². The molecule has 160 valence electrons. The van der Waals surface area contributed by atoms with Gasteiger partial charge in [0, 0.05) is 23.8 Å². The summed E-state index contributed by atoms with van der Waals surface area (Å²) in [6, 6.07) is 25.0. The number of ether oxygens (including phenoxy) is 1. The Labute approximate surface area is 188 Å². The van der Waals surface area contributed by atoms with Crippen LogP contribution < -0.4 is 0 Å². The first-order valence-electron chi connectivity index (χ1n) is 10.4. The summed E-state index contributed by atoms with van der Waals surface area (Å²) in [5.41, 5.74) is 5.12. The molecule has 8 nitrogen and oxygen atoms in total. The Morgan fingerprint density at radius 1 is 0.788 bits per heavy atom. The van der Waals surface area contributed by atoms with Crippen LogP contribution in [0.2, 0.25) is 0 Å². The molecule has 0 unspecified atom stereocenters. The molecule has 0 aliphatic carbocycles. The van der Waals surface area contributed by atoms with Crippen LogP contribution in [0.4, 0.5) is 0 Å². The van der Waals surface area contributed by atoms with Gasteiger partial charge in [-0.3, -0.25) is 4.79 Å². The first kappa shape index (κ1) is 19.3. The lowest BCUT2D eigenvalue weighted by Crippen LogP contribution is -2.14. The number of fused-ring (bicyclic) bond motifs is 3. The number of methoxy groups -OCH3 is 1. The summed E-state index contributed by atoms with van der Waals surface area (Å²) in [6.45, 7) is 0.305. The highest BCUT2D eigenvalue weighted by atomic mass is 16.5. The summed E-state index contributed by atoms with van der Waals surface area (Å²) < 4.78 is 8.27. The van der Waals surface area contributed by atoms with E-state index in [1.54, 1.807) is 11.8 Å². The summed E-state index contributed by atoms with van der Waals surface area (Å²) in [7, 11) is 1.61. The summed E-state index contributed by atoms with van der Waals surface area (Å²) in [5, 5.41) is 19.1. The molecule has 6 aromatic rings. The Hall–Kier alpha value is -4.43. The second-order valence-electron chi connectivity index (χ2n) is 7.69. The summed E-state index contributed by atoms with van der Waals surface area (Å²) in [4.78, 5) is 13.5. The second kappa shape index (κ2) is 7.61. The predicted molar refractivity (Wildman–Crippen MR) is 125 cm³/mol. The number of hydrogen-bond donors (Lipinski definition) is 0. The van der Waals surface area contributed by atoms with E-state index in [-0.39, 0.29) is 5.91 Å². The standard InChI is InChI=1S/C25H18N6O2/c1-33-15-30-21-13-5-10-18(23(21)26-28-30)19-11-6-14-22-24(19)27-29-31(22)25(32)20-12-4-8-16-7-2-3-9-17(16)20/h2-14H,15H2,1H3. The smallest absolute Gasteiger partial charge is 0.280 e. The molecule has 0 amide bonds. The van der Waals surface area contributed by atoms with E-state index in [9.17, 15) is 4.79 Å². The Balaban J connectivity index is 1.51. The summed E-state index contributed by atoms with van der Waals surface area (Å²) >= 11 is 0. The topological polar surface area (TPSA) is 87.7 Å². The third kappa shape index (κ3) is 3.00. The zero-order valence-electron chi connectivity index (χ0n) is 17.7. The molecule has 0 spiro atoms. The number of carbonyl (C=O) groups is 1. The van der Waals surface area contributed by atoms with E-state index in [1.807, 2.05) is 78.9 Å². The van der Waals surface area contributed by atoms with E-state index >= 15 is 0 Å². The van der Waals surface area contributed by atoms with Crippen molar-refractivity contribution < 1.29 is 9.53 Å². The molecular weight excluding hydrogens is 416 g/mol. The number of benzene rings is 4. The molecule has 0 aliphatic rings. The van der Waals surface area contributed by atoms with Crippen LogP contribution >= 0.6 is 0 Å². The van der Waals surface area contributed by atoms with Gasteiger partial charge in [-0.15, -0.1) is 10.2 Å². The van der Waals surface area contributed by atoms with E-state index in [1.165, 1.54) is 4.68 Å². The van der Waals surface area contributed by atoms with Crippen molar-refractivity contribution in [2.45, 2.75) is 6.73 Å². The quantitative estimate of drug-likeness (QED) is 0.411. The van der Waals surface area contributed by atoms with E-state index in [0.717, 1.165) is 32.9 Å². The molecule has 0 bridgehead atoms. The molecule has 8 heteroatoms. The van der Waals surface area contributed by atoms with Crippen molar-refractivity contribution in [2.24, 2.45) is 0 Å². The third-order valence-corrected chi connectivity index (χ3v) is 5.78. The molecule has 0 aliphatic heterocycles. The van der Waals surface area contributed by atoms with Crippen LogP contribution in [0.5, 0.6) is 0 Å². The first-order valence-corrected chi connectivity index (χ1v) is 10.4. The first-order chi connectivity index (χ1) is 16.3. The zero-order chi connectivity index (χ0) is 22.4. The molecular formula is C25H18N6O2. The van der Waals surface area contributed by atoms with Gasteiger partial charge in [0.25, 0.3) is 5.91 Å². The number of hydrogen-bond acceptors (Lipinski definition) is 6. The molecule has 0 radical (unpaired) electrons. The minimum atomic E-state index is -0.226. The fraction of sp³-hybridized carbons (Fsp3) is 0.0800. The van der Waals surface area contributed by atoms with Gasteiger partial charge in [-0.25, -0.2) is 4.68 Å². The molecule has 0 saturated carbocycles. The fourth-order valence-electron chi connectivity index (χ4n) is 4.26. The van der Waals surface area contributed by atoms with Gasteiger partial charge < -0.3 is 4.74 Å². The van der Waals surface area contributed by atoms with Gasteiger partial charge in [0.15, 0.2) is 0 Å². The number of nitrogens with zero attached hydrogens (tertiary/aromatic N) is 6. The zero-order valence-corrected chi connectivity index (χ0v) is 17.7. The maximum Gasteiger partial charge on any atom is 0.280 e. The Morgan fingerprint density at radius 2 is 1.45 bits per heavy atom. The van der Waals surface area contributed by atoms with Crippen LogP contribution in [0, 0.1) is 0 Å². The molecule has 0 N–H and O–H groups in total. The highest BCUT2D eigenvalue weighted by molar-refractivity contribution is 6.11. The molecule has 33 heavy (non-hydrogen) atoms. The van der Waals surface area contributed by atoms with Gasteiger partial charge in [0.05, 0.1) is 11.0 Å². The fourth-order valence-corrected chi connectivity index (χ4v) is 4.26. The lowest BCUT2D eigenvalue weighted by atomic mass is 10.0. The summed E-state index contributed by atoms with van der Waals surface area (Å²) in [5.74, 6) is -0.226. The van der Waals surface area contributed by atoms with Crippen molar-refractivity contribution in [3.8, 4) is 11.1 Å². The molecule has 6 rings (SSSR count). The lowest BCUT2D eigenvalue weighted by molar-refractivity contribution is 0.0950. The van der Waals surface area contributed by atoms with Gasteiger partial charge in [-0.1, -0.05) is 71.1 Å². The SMILES string of the molecule is COCn1nnc2c(-c3cccc4c3nnn4C(=O)c3cccc4ccccc34)cccc21. The average molecular weight is 434 g/mol. The number of rotatable bonds is 4. The third-order valence-electron chi connectivity index (χ3n) is 5.78. The Morgan fingerprint density at radius 3 is 2.27 bits per heavy atom. The monoisotopic (exact) mass is 434 g/mol. The molecule has 0 saturated heterocycles. The molecule has 2 heterocycles. The van der Waals surface area contributed by atoms with E-state index < -0.39 is 0 Å². The van der Waals surface area contributed by atoms with E-state index in [4.69, 9.17) is 4.74 Å². The Bertz CT molecular complexity index is 1660.